The van der Waals surface area contributed by atoms with Gasteiger partial charge in [-0.2, -0.15) is 0 Å². The maximum absolute atomic E-state index is 5.48. The van der Waals surface area contributed by atoms with E-state index in [9.17, 15) is 0 Å². The van der Waals surface area contributed by atoms with Crippen LogP contribution in [-0.2, 0) is 13.1 Å². The first kappa shape index (κ1) is 12.4. The zero-order chi connectivity index (χ0) is 9.56. The second kappa shape index (κ2) is 6.86. The van der Waals surface area contributed by atoms with Crippen molar-refractivity contribution >= 4 is 32.0 Å². The summed E-state index contributed by atoms with van der Waals surface area (Å²) in [4.78, 5) is 0. The van der Waals surface area contributed by atoms with Gasteiger partial charge in [-0.3, -0.25) is 0 Å². The van der Waals surface area contributed by atoms with E-state index >= 15 is 0 Å². The minimum absolute atomic E-state index is 0.736. The monoisotopic (exact) mass is 277 g/mol. The number of hydrogen-bond acceptors (Lipinski definition) is 4. The SMILES string of the molecule is CSc1nnc(C)n1N.[Cl][Cu][Cl]. The van der Waals surface area contributed by atoms with Crippen molar-refractivity contribution in [2.75, 3.05) is 12.1 Å². The van der Waals surface area contributed by atoms with E-state index in [1.807, 2.05) is 13.2 Å². The van der Waals surface area contributed by atoms with Crippen molar-refractivity contribution in [2.45, 2.75) is 12.1 Å². The zero-order valence-electron chi connectivity index (χ0n) is 6.38. The molecule has 1 aromatic heterocycles. The number of rotatable bonds is 1. The van der Waals surface area contributed by atoms with Gasteiger partial charge in [0.15, 0.2) is 0 Å². The first-order valence-electron chi connectivity index (χ1n) is 2.69. The number of halogens is 2. The van der Waals surface area contributed by atoms with Crippen LogP contribution in [-0.4, -0.2) is 21.1 Å². The van der Waals surface area contributed by atoms with Crippen molar-refractivity contribution in [3.63, 3.8) is 0 Å². The summed E-state index contributed by atoms with van der Waals surface area (Å²) in [5, 5.41) is 8.28. The molecule has 0 aliphatic heterocycles. The Morgan fingerprint density at radius 2 is 2.00 bits per heavy atom. The van der Waals surface area contributed by atoms with E-state index in [1.165, 1.54) is 16.4 Å². The van der Waals surface area contributed by atoms with E-state index in [1.54, 1.807) is 0 Å². The summed E-state index contributed by atoms with van der Waals surface area (Å²) in [6.45, 7) is 1.81. The van der Waals surface area contributed by atoms with Gasteiger partial charge >= 0.3 is 33.3 Å². The predicted octanol–water partition coefficient (Wildman–Crippen LogP) is 1.40. The first-order chi connectivity index (χ1) is 5.67. The quantitative estimate of drug-likeness (QED) is 0.479. The number of aryl methyl sites for hydroxylation is 1. The van der Waals surface area contributed by atoms with E-state index in [4.69, 9.17) is 5.84 Å². The van der Waals surface area contributed by atoms with Crippen LogP contribution < -0.4 is 5.84 Å². The van der Waals surface area contributed by atoms with Crippen LogP contribution in [0.5, 0.6) is 0 Å². The van der Waals surface area contributed by atoms with Gasteiger partial charge in [0.05, 0.1) is 0 Å². The van der Waals surface area contributed by atoms with Gasteiger partial charge in [-0.1, -0.05) is 11.8 Å². The molecule has 0 saturated carbocycles. The molecule has 0 fully saturated rings. The molecule has 0 bridgehead atoms. The molecule has 0 spiro atoms. The molecule has 0 aromatic carbocycles. The molecule has 0 saturated heterocycles. The second-order valence-electron chi connectivity index (χ2n) is 1.65. The fourth-order valence-corrected chi connectivity index (χ4v) is 0.940. The summed E-state index contributed by atoms with van der Waals surface area (Å²) in [6.07, 6.45) is 1.91. The number of nitrogens with zero attached hydrogens (tertiary/aromatic N) is 3. The van der Waals surface area contributed by atoms with Crippen LogP contribution in [0.25, 0.3) is 0 Å². The Bertz CT molecular complexity index is 231. The van der Waals surface area contributed by atoms with Crippen LogP contribution in [0.3, 0.4) is 0 Å². The van der Waals surface area contributed by atoms with Crippen molar-refractivity contribution in [3.8, 4) is 0 Å². The molecule has 0 aliphatic rings. The molecule has 8 heteroatoms. The fraction of sp³-hybridized carbons (Fsp3) is 0.500. The Labute approximate surface area is 89.8 Å². The Balaban J connectivity index is 0.000000354. The van der Waals surface area contributed by atoms with Gasteiger partial charge in [0, 0.05) is 0 Å². The van der Waals surface area contributed by atoms with Crippen molar-refractivity contribution < 1.29 is 13.1 Å². The average molecular weight is 279 g/mol. The van der Waals surface area contributed by atoms with Crippen molar-refractivity contribution in [2.24, 2.45) is 0 Å². The maximum atomic E-state index is 5.48. The predicted molar refractivity (Wildman–Crippen MR) is 48.4 cm³/mol. The summed E-state index contributed by atoms with van der Waals surface area (Å²) < 4.78 is 1.46. The third kappa shape index (κ3) is 3.87. The van der Waals surface area contributed by atoms with Crippen molar-refractivity contribution in [1.82, 2.24) is 14.9 Å². The normalized spacial score (nSPS) is 9.33. The van der Waals surface area contributed by atoms with Crippen LogP contribution in [0.4, 0.5) is 0 Å². The van der Waals surface area contributed by atoms with E-state index in [0.29, 0.717) is 0 Å². The molecule has 0 radical (unpaired) electrons. The number of nitrogens with two attached hydrogens (primary N) is 1. The van der Waals surface area contributed by atoms with Gasteiger partial charge in [0.25, 0.3) is 0 Å². The number of thioether (sulfide) groups is 1. The van der Waals surface area contributed by atoms with Crippen molar-refractivity contribution in [3.05, 3.63) is 5.82 Å². The third-order valence-corrected chi connectivity index (χ3v) is 1.66. The Morgan fingerprint density at radius 1 is 1.50 bits per heavy atom. The van der Waals surface area contributed by atoms with Gasteiger partial charge < -0.3 is 5.84 Å². The van der Waals surface area contributed by atoms with E-state index in [-0.39, 0.29) is 0 Å². The van der Waals surface area contributed by atoms with Crippen LogP contribution in [0.1, 0.15) is 5.82 Å². The van der Waals surface area contributed by atoms with E-state index in [2.05, 4.69) is 30.4 Å². The fourth-order valence-electron chi connectivity index (χ4n) is 0.489. The molecule has 0 amide bonds. The summed E-state index contributed by atoms with van der Waals surface area (Å²) >= 11 is 2.24. The van der Waals surface area contributed by atoms with E-state index < -0.39 is 0 Å². The number of hydrogen-bond donors (Lipinski definition) is 1. The molecule has 4 nitrogen and oxygen atoms in total. The molecule has 1 rings (SSSR count). The molecule has 12 heavy (non-hydrogen) atoms. The molecule has 0 unspecified atom stereocenters. The minimum atomic E-state index is 0.736. The van der Waals surface area contributed by atoms with Crippen LogP contribution in [0, 0.1) is 6.92 Å². The van der Waals surface area contributed by atoms with Crippen LogP contribution in [0.15, 0.2) is 5.16 Å². The summed E-state index contributed by atoms with van der Waals surface area (Å²) in [6, 6.07) is 0. The number of aromatic nitrogens is 3. The molecule has 0 aliphatic carbocycles. The Kier molecular flexibility index (Phi) is 7.08. The molecule has 75 valence electrons. The van der Waals surface area contributed by atoms with Gasteiger partial charge in [-0.25, -0.2) is 4.68 Å². The average Bonchev–Trinajstić information content (AvgIpc) is 2.35. The van der Waals surface area contributed by atoms with Gasteiger partial charge in [-0.15, -0.1) is 10.2 Å². The van der Waals surface area contributed by atoms with Gasteiger partial charge in [0.1, 0.15) is 5.82 Å². The zero-order valence-corrected chi connectivity index (χ0v) is 9.65. The van der Waals surface area contributed by atoms with Crippen LogP contribution in [0.2, 0.25) is 0 Å². The second-order valence-corrected chi connectivity index (χ2v) is 3.98. The molecule has 0 atom stereocenters. The Morgan fingerprint density at radius 3 is 2.17 bits per heavy atom. The Hall–Kier alpha value is 0.389. The van der Waals surface area contributed by atoms with E-state index in [0.717, 1.165) is 24.1 Å². The molecule has 1 aromatic rings. The number of nitrogen functional groups attached to an aromatic ring is 1. The summed E-state index contributed by atoms with van der Waals surface area (Å²) in [5.74, 6) is 6.22. The third-order valence-electron chi connectivity index (χ3n) is 1.02. The van der Waals surface area contributed by atoms with Crippen molar-refractivity contribution in [1.29, 1.82) is 0 Å². The van der Waals surface area contributed by atoms with Gasteiger partial charge in [0.2, 0.25) is 5.16 Å². The topological polar surface area (TPSA) is 56.7 Å². The van der Waals surface area contributed by atoms with Gasteiger partial charge in [-0.05, 0) is 13.2 Å². The first-order valence-corrected chi connectivity index (χ1v) is 6.51. The molecular weight excluding hydrogens is 271 g/mol. The molecular formula is C4H8Cl2CuN4S. The standard InChI is InChI=1S/C4H8N4S.2ClH.Cu/c1-3-6-7-4(9-2)8(3)5;;;/h5H2,1-2H3;2*1H;/q;;;+2/p-2. The van der Waals surface area contributed by atoms with Crippen LogP contribution >= 0.6 is 32.0 Å². The summed E-state index contributed by atoms with van der Waals surface area (Å²) in [5.41, 5.74) is 0. The molecule has 1 heterocycles. The summed E-state index contributed by atoms with van der Waals surface area (Å²) in [7, 11) is 9.34. The molecule has 2 N–H and O–H groups in total.